The lowest BCUT2D eigenvalue weighted by Crippen LogP contribution is -2.11. The van der Waals surface area contributed by atoms with Gasteiger partial charge in [-0.3, -0.25) is 0 Å². The first kappa shape index (κ1) is 17.5. The van der Waals surface area contributed by atoms with Crippen LogP contribution in [0.2, 0.25) is 0 Å². The Balaban J connectivity index is 1.78. The summed E-state index contributed by atoms with van der Waals surface area (Å²) in [6, 6.07) is 25.2. The zero-order valence-electron chi connectivity index (χ0n) is 16.2. The molecule has 0 saturated heterocycles. The van der Waals surface area contributed by atoms with Crippen LogP contribution in [-0.4, -0.2) is 4.98 Å². The lowest BCUT2D eigenvalue weighted by Gasteiger charge is -2.20. The molecule has 0 fully saturated rings. The fourth-order valence-electron chi connectivity index (χ4n) is 3.35. The molecule has 0 saturated carbocycles. The molecule has 0 aliphatic heterocycles. The van der Waals surface area contributed by atoms with Crippen LogP contribution < -0.4 is 0 Å². The fraction of sp³-hybridized carbons (Fsp3) is 0.240. The van der Waals surface area contributed by atoms with E-state index < -0.39 is 0 Å². The molecule has 0 unspecified atom stereocenters. The molecule has 3 aromatic carbocycles. The first-order chi connectivity index (χ1) is 13.0. The molecule has 2 nitrogen and oxygen atoms in total. The summed E-state index contributed by atoms with van der Waals surface area (Å²) in [6.07, 6.45) is 1.93. The van der Waals surface area contributed by atoms with Crippen molar-refractivity contribution in [3.8, 4) is 11.5 Å². The summed E-state index contributed by atoms with van der Waals surface area (Å²) in [5.41, 5.74) is 6.82. The van der Waals surface area contributed by atoms with Crippen molar-refractivity contribution >= 4 is 11.1 Å². The molecule has 0 N–H and O–H groups in total. The van der Waals surface area contributed by atoms with E-state index in [9.17, 15) is 0 Å². The highest BCUT2D eigenvalue weighted by Crippen LogP contribution is 2.32. The molecule has 0 bridgehead atoms. The summed E-state index contributed by atoms with van der Waals surface area (Å²) in [5.74, 6) is 0.692. The van der Waals surface area contributed by atoms with Crippen molar-refractivity contribution in [2.45, 2.75) is 39.0 Å². The molecule has 0 spiro atoms. The molecule has 0 aliphatic carbocycles. The van der Waals surface area contributed by atoms with Crippen LogP contribution in [0.3, 0.4) is 0 Å². The molecule has 1 heterocycles. The Kier molecular flexibility index (Phi) is 4.57. The van der Waals surface area contributed by atoms with Crippen molar-refractivity contribution in [3.05, 3.63) is 89.5 Å². The highest BCUT2D eigenvalue weighted by Gasteiger charge is 2.19. The van der Waals surface area contributed by atoms with Crippen LogP contribution >= 0.6 is 0 Å². The van der Waals surface area contributed by atoms with Gasteiger partial charge in [0.2, 0.25) is 5.89 Å². The van der Waals surface area contributed by atoms with Crippen LogP contribution in [0.1, 0.15) is 37.5 Å². The molecule has 27 heavy (non-hydrogen) atoms. The normalized spacial score (nSPS) is 11.8. The molecular formula is C25H25NO. The topological polar surface area (TPSA) is 26.0 Å². The predicted molar refractivity (Wildman–Crippen MR) is 112 cm³/mol. The zero-order valence-corrected chi connectivity index (χ0v) is 16.2. The molecular weight excluding hydrogens is 330 g/mol. The summed E-state index contributed by atoms with van der Waals surface area (Å²) < 4.78 is 6.23. The maximum absolute atomic E-state index is 6.23. The number of aromatic nitrogens is 1. The summed E-state index contributed by atoms with van der Waals surface area (Å²) in [5, 5.41) is 0. The Morgan fingerprint density at radius 1 is 0.815 bits per heavy atom. The highest BCUT2D eigenvalue weighted by atomic mass is 16.3. The van der Waals surface area contributed by atoms with E-state index in [1.165, 1.54) is 16.7 Å². The third kappa shape index (κ3) is 3.80. The Bertz CT molecular complexity index is 1040. The fourth-order valence-corrected chi connectivity index (χ4v) is 3.35. The highest BCUT2D eigenvalue weighted by molar-refractivity contribution is 5.80. The molecule has 136 valence electrons. The van der Waals surface area contributed by atoms with Gasteiger partial charge in [0.1, 0.15) is 5.52 Å². The van der Waals surface area contributed by atoms with Crippen molar-refractivity contribution in [3.63, 3.8) is 0 Å². The summed E-state index contributed by atoms with van der Waals surface area (Å²) in [7, 11) is 0. The third-order valence-corrected chi connectivity index (χ3v) is 4.98. The number of hydrogen-bond donors (Lipinski definition) is 0. The minimum absolute atomic E-state index is 0.0710. The Labute approximate surface area is 160 Å². The van der Waals surface area contributed by atoms with Gasteiger partial charge in [0.15, 0.2) is 5.58 Å². The second-order valence-electron chi connectivity index (χ2n) is 8.10. The molecule has 4 aromatic rings. The largest absolute Gasteiger partial charge is 0.436 e. The zero-order chi connectivity index (χ0) is 18.9. The summed E-state index contributed by atoms with van der Waals surface area (Å²) in [4.78, 5) is 4.81. The van der Waals surface area contributed by atoms with E-state index in [0.29, 0.717) is 5.89 Å². The van der Waals surface area contributed by atoms with Gasteiger partial charge in [-0.05, 0) is 53.1 Å². The second-order valence-corrected chi connectivity index (χ2v) is 8.10. The standard InChI is InChI=1S/C25H25NO/c1-25(2,3)21-16-20(15-14-18-10-6-4-7-11-18)23-22(17-21)26-24(27-23)19-12-8-5-9-13-19/h4-13,16-17H,14-15H2,1-3H3. The summed E-state index contributed by atoms with van der Waals surface area (Å²) in [6.45, 7) is 6.73. The lowest BCUT2D eigenvalue weighted by atomic mass is 9.85. The maximum Gasteiger partial charge on any atom is 0.227 e. The first-order valence-corrected chi connectivity index (χ1v) is 9.54. The van der Waals surface area contributed by atoms with E-state index in [1.807, 2.05) is 30.3 Å². The van der Waals surface area contributed by atoms with Crippen LogP contribution in [-0.2, 0) is 18.3 Å². The average Bonchev–Trinajstić information content (AvgIpc) is 3.11. The first-order valence-electron chi connectivity index (χ1n) is 9.54. The molecule has 0 amide bonds. The number of fused-ring (bicyclic) bond motifs is 1. The van der Waals surface area contributed by atoms with Gasteiger partial charge < -0.3 is 4.42 Å². The maximum atomic E-state index is 6.23. The third-order valence-electron chi connectivity index (χ3n) is 4.98. The second kappa shape index (κ2) is 7.03. The molecule has 0 aliphatic rings. The van der Waals surface area contributed by atoms with Gasteiger partial charge in [-0.15, -0.1) is 0 Å². The number of rotatable bonds is 4. The van der Waals surface area contributed by atoms with Gasteiger partial charge in [-0.1, -0.05) is 75.4 Å². The van der Waals surface area contributed by atoms with Crippen LogP contribution in [0, 0.1) is 0 Å². The minimum atomic E-state index is 0.0710. The Hall–Kier alpha value is -2.87. The van der Waals surface area contributed by atoms with Crippen molar-refractivity contribution in [2.24, 2.45) is 0 Å². The quantitative estimate of drug-likeness (QED) is 0.413. The molecule has 4 rings (SSSR count). The van der Waals surface area contributed by atoms with Crippen molar-refractivity contribution in [2.75, 3.05) is 0 Å². The lowest BCUT2D eigenvalue weighted by molar-refractivity contribution is 0.588. The monoisotopic (exact) mass is 355 g/mol. The van der Waals surface area contributed by atoms with E-state index >= 15 is 0 Å². The predicted octanol–water partition coefficient (Wildman–Crippen LogP) is 6.58. The van der Waals surface area contributed by atoms with Crippen molar-refractivity contribution < 1.29 is 4.42 Å². The van der Waals surface area contributed by atoms with Gasteiger partial charge in [-0.2, -0.15) is 0 Å². The molecule has 2 heteroatoms. The van der Waals surface area contributed by atoms with E-state index in [0.717, 1.165) is 29.5 Å². The van der Waals surface area contributed by atoms with Gasteiger partial charge in [0.05, 0.1) is 0 Å². The van der Waals surface area contributed by atoms with Gasteiger partial charge in [-0.25, -0.2) is 4.98 Å². The molecule has 0 atom stereocenters. The number of hydrogen-bond acceptors (Lipinski definition) is 2. The summed E-state index contributed by atoms with van der Waals surface area (Å²) >= 11 is 0. The average molecular weight is 355 g/mol. The van der Waals surface area contributed by atoms with E-state index in [4.69, 9.17) is 9.40 Å². The van der Waals surface area contributed by atoms with E-state index in [1.54, 1.807) is 0 Å². The Morgan fingerprint density at radius 3 is 2.15 bits per heavy atom. The number of nitrogens with zero attached hydrogens (tertiary/aromatic N) is 1. The smallest absolute Gasteiger partial charge is 0.227 e. The van der Waals surface area contributed by atoms with Gasteiger partial charge in [0.25, 0.3) is 0 Å². The van der Waals surface area contributed by atoms with E-state index in [-0.39, 0.29) is 5.41 Å². The minimum Gasteiger partial charge on any atom is -0.436 e. The number of oxazole rings is 1. The Morgan fingerprint density at radius 2 is 1.48 bits per heavy atom. The molecule has 1 aromatic heterocycles. The number of aryl methyl sites for hydroxylation is 2. The SMILES string of the molecule is CC(C)(C)c1cc(CCc2ccccc2)c2oc(-c3ccccc3)nc2c1. The van der Waals surface area contributed by atoms with Crippen LogP contribution in [0.5, 0.6) is 0 Å². The van der Waals surface area contributed by atoms with Gasteiger partial charge in [0, 0.05) is 5.56 Å². The molecule has 0 radical (unpaired) electrons. The van der Waals surface area contributed by atoms with Crippen LogP contribution in [0.4, 0.5) is 0 Å². The van der Waals surface area contributed by atoms with E-state index in [2.05, 4.69) is 63.2 Å². The van der Waals surface area contributed by atoms with Crippen molar-refractivity contribution in [1.82, 2.24) is 4.98 Å². The van der Waals surface area contributed by atoms with Gasteiger partial charge >= 0.3 is 0 Å². The van der Waals surface area contributed by atoms with Crippen LogP contribution in [0.15, 0.2) is 77.2 Å². The van der Waals surface area contributed by atoms with Crippen LogP contribution in [0.25, 0.3) is 22.6 Å². The van der Waals surface area contributed by atoms with Crippen molar-refractivity contribution in [1.29, 1.82) is 0 Å². The number of benzene rings is 3.